The van der Waals surface area contributed by atoms with E-state index in [1.807, 2.05) is 32.6 Å². The third kappa shape index (κ3) is 6.04. The van der Waals surface area contributed by atoms with Gasteiger partial charge in [-0.25, -0.2) is 4.79 Å². The molecule has 37 heavy (non-hydrogen) atoms. The third-order valence-electron chi connectivity index (χ3n) is 7.67. The van der Waals surface area contributed by atoms with Gasteiger partial charge >= 0.3 is 5.97 Å². The van der Waals surface area contributed by atoms with Crippen molar-refractivity contribution in [3.05, 3.63) is 15.8 Å². The van der Waals surface area contributed by atoms with Crippen LogP contribution in [0.3, 0.4) is 0 Å². The average molecular weight is 529 g/mol. The number of thiophene rings is 1. The lowest BCUT2D eigenvalue weighted by Crippen LogP contribution is -2.55. The molecule has 0 N–H and O–H groups in total. The van der Waals surface area contributed by atoms with Gasteiger partial charge in [-0.3, -0.25) is 14.5 Å². The summed E-state index contributed by atoms with van der Waals surface area (Å²) in [6.45, 7) is 11.3. The molecule has 3 atom stereocenters. The Morgan fingerprint density at radius 1 is 1.24 bits per heavy atom. The van der Waals surface area contributed by atoms with E-state index < -0.39 is 12.0 Å². The van der Waals surface area contributed by atoms with Crippen LogP contribution in [0, 0.1) is 29.1 Å². The van der Waals surface area contributed by atoms with Gasteiger partial charge < -0.3 is 14.4 Å². The van der Waals surface area contributed by atoms with E-state index in [-0.39, 0.29) is 35.3 Å². The van der Waals surface area contributed by atoms with Crippen LogP contribution >= 0.6 is 11.3 Å². The zero-order chi connectivity index (χ0) is 26.9. The fourth-order valence-corrected chi connectivity index (χ4v) is 6.50. The highest BCUT2D eigenvalue weighted by atomic mass is 32.1. The molecular weight excluding hydrogens is 488 g/mol. The first-order valence-electron chi connectivity index (χ1n) is 13.5. The Morgan fingerprint density at radius 2 is 1.95 bits per heavy atom. The van der Waals surface area contributed by atoms with Gasteiger partial charge in [0, 0.05) is 17.9 Å². The van der Waals surface area contributed by atoms with Crippen LogP contribution in [0.15, 0.2) is 6.07 Å². The molecule has 1 aliphatic carbocycles. The largest absolute Gasteiger partial charge is 0.465 e. The summed E-state index contributed by atoms with van der Waals surface area (Å²) in [7, 11) is 1.34. The second-order valence-corrected chi connectivity index (χ2v) is 12.8. The molecule has 3 fully saturated rings. The van der Waals surface area contributed by atoms with E-state index in [1.165, 1.54) is 18.4 Å². The number of rotatable bonds is 6. The second kappa shape index (κ2) is 11.2. The SMILES string of the molecule is CC[C@@H](C(=O)N1C[C@@H]2C[C@H]1CO2)N(C(=O)C1CCC(C)CC1)c1cc(C#CC(C)(C)C)sc1C(=O)OC. The molecule has 2 saturated heterocycles. The molecule has 0 aromatic carbocycles. The fourth-order valence-electron chi connectivity index (χ4n) is 5.58. The monoisotopic (exact) mass is 528 g/mol. The van der Waals surface area contributed by atoms with Gasteiger partial charge in [-0.1, -0.05) is 25.7 Å². The molecule has 1 aromatic rings. The first kappa shape index (κ1) is 27.7. The lowest BCUT2D eigenvalue weighted by atomic mass is 9.82. The summed E-state index contributed by atoms with van der Waals surface area (Å²) in [5.41, 5.74) is 0.225. The van der Waals surface area contributed by atoms with Crippen molar-refractivity contribution in [2.75, 3.05) is 25.2 Å². The number of esters is 1. The van der Waals surface area contributed by atoms with E-state index in [0.717, 1.165) is 32.1 Å². The first-order valence-corrected chi connectivity index (χ1v) is 14.3. The number of amides is 2. The number of carbonyl (C=O) groups is 3. The molecule has 2 amide bonds. The number of morpholine rings is 1. The zero-order valence-corrected chi connectivity index (χ0v) is 23.8. The Kier molecular flexibility index (Phi) is 8.35. The van der Waals surface area contributed by atoms with Crippen molar-refractivity contribution in [1.29, 1.82) is 0 Å². The molecule has 7 nitrogen and oxygen atoms in total. The Hall–Kier alpha value is -2.37. The molecular formula is C29H40N2O5S. The molecule has 4 rings (SSSR count). The number of ether oxygens (including phenoxy) is 2. The van der Waals surface area contributed by atoms with E-state index in [9.17, 15) is 14.4 Å². The van der Waals surface area contributed by atoms with E-state index in [0.29, 0.717) is 40.9 Å². The van der Waals surface area contributed by atoms with Crippen LogP contribution in [0.5, 0.6) is 0 Å². The number of carbonyl (C=O) groups excluding carboxylic acids is 3. The van der Waals surface area contributed by atoms with Crippen molar-refractivity contribution < 1.29 is 23.9 Å². The number of nitrogens with zero attached hydrogens (tertiary/aromatic N) is 2. The van der Waals surface area contributed by atoms with Crippen LogP contribution in [0.25, 0.3) is 0 Å². The summed E-state index contributed by atoms with van der Waals surface area (Å²) in [5.74, 6) is 6.14. The smallest absolute Gasteiger partial charge is 0.350 e. The van der Waals surface area contributed by atoms with E-state index in [4.69, 9.17) is 9.47 Å². The molecule has 2 bridgehead atoms. The van der Waals surface area contributed by atoms with Crippen LogP contribution in [-0.2, 0) is 19.1 Å². The van der Waals surface area contributed by atoms with E-state index in [2.05, 4.69) is 18.8 Å². The van der Waals surface area contributed by atoms with Crippen LogP contribution in [0.4, 0.5) is 5.69 Å². The number of hydrogen-bond acceptors (Lipinski definition) is 6. The topological polar surface area (TPSA) is 76.2 Å². The molecule has 2 aliphatic heterocycles. The summed E-state index contributed by atoms with van der Waals surface area (Å²) in [6.07, 6.45) is 4.91. The van der Waals surface area contributed by atoms with Gasteiger partial charge in [0.15, 0.2) is 0 Å². The standard InChI is InChI=1S/C29H40N2O5S/c1-7-23(27(33)30-16-21-14-20(30)17-36-21)31(26(32)19-10-8-18(2)9-11-19)24-15-22(12-13-29(3,4)5)37-25(24)28(34)35-6/h15,18-21,23H,7-11,14,16-17H2,1-6H3/t18?,19?,20-,21-,23-/m0/s1. The Morgan fingerprint density at radius 3 is 2.49 bits per heavy atom. The molecule has 1 saturated carbocycles. The van der Waals surface area contributed by atoms with Gasteiger partial charge in [0.1, 0.15) is 10.9 Å². The van der Waals surface area contributed by atoms with Gasteiger partial charge in [-0.2, -0.15) is 0 Å². The number of anilines is 1. The Balaban J connectivity index is 1.77. The molecule has 0 spiro atoms. The molecule has 3 heterocycles. The van der Waals surface area contributed by atoms with Crippen LogP contribution < -0.4 is 4.90 Å². The van der Waals surface area contributed by atoms with E-state index >= 15 is 0 Å². The summed E-state index contributed by atoms with van der Waals surface area (Å²) in [6, 6.07) is 1.15. The van der Waals surface area contributed by atoms with Crippen molar-refractivity contribution >= 4 is 34.8 Å². The predicted molar refractivity (Wildman–Crippen MR) is 145 cm³/mol. The van der Waals surface area contributed by atoms with Crippen LogP contribution in [-0.4, -0.2) is 61.1 Å². The van der Waals surface area contributed by atoms with Crippen LogP contribution in [0.1, 0.15) is 87.7 Å². The average Bonchev–Trinajstić information content (AvgIpc) is 3.61. The van der Waals surface area contributed by atoms with Crippen molar-refractivity contribution in [3.63, 3.8) is 0 Å². The maximum atomic E-state index is 14.2. The zero-order valence-electron chi connectivity index (χ0n) is 23.0. The first-order chi connectivity index (χ1) is 17.5. The summed E-state index contributed by atoms with van der Waals surface area (Å²) in [4.78, 5) is 45.6. The summed E-state index contributed by atoms with van der Waals surface area (Å²) < 4.78 is 10.8. The highest BCUT2D eigenvalue weighted by Crippen LogP contribution is 2.38. The fraction of sp³-hybridized carbons (Fsp3) is 0.690. The molecule has 0 unspecified atom stereocenters. The minimum atomic E-state index is -0.701. The lowest BCUT2D eigenvalue weighted by Gasteiger charge is -2.38. The molecule has 8 heteroatoms. The Bertz CT molecular complexity index is 1090. The van der Waals surface area contributed by atoms with E-state index in [1.54, 1.807) is 11.0 Å². The second-order valence-electron chi connectivity index (χ2n) is 11.7. The summed E-state index contributed by atoms with van der Waals surface area (Å²) in [5, 5.41) is 0. The Labute approximate surface area is 224 Å². The molecule has 1 aromatic heterocycles. The van der Waals surface area contributed by atoms with Crippen molar-refractivity contribution in [2.45, 2.75) is 91.3 Å². The van der Waals surface area contributed by atoms with Crippen molar-refractivity contribution in [2.24, 2.45) is 17.3 Å². The van der Waals surface area contributed by atoms with Gasteiger partial charge in [0.05, 0.1) is 36.4 Å². The maximum absolute atomic E-state index is 14.2. The number of likely N-dealkylation sites (tertiary alicyclic amines) is 1. The molecule has 202 valence electrons. The van der Waals surface area contributed by atoms with Gasteiger partial charge in [-0.15, -0.1) is 11.3 Å². The van der Waals surface area contributed by atoms with Gasteiger partial charge in [0.2, 0.25) is 11.8 Å². The summed E-state index contributed by atoms with van der Waals surface area (Å²) >= 11 is 1.22. The highest BCUT2D eigenvalue weighted by Gasteiger charge is 2.46. The minimum absolute atomic E-state index is 0.0507. The third-order valence-corrected chi connectivity index (χ3v) is 8.69. The maximum Gasteiger partial charge on any atom is 0.350 e. The normalized spacial score (nSPS) is 25.8. The minimum Gasteiger partial charge on any atom is -0.465 e. The number of methoxy groups -OCH3 is 1. The van der Waals surface area contributed by atoms with Gasteiger partial charge in [0.25, 0.3) is 0 Å². The molecule has 3 aliphatic rings. The molecule has 0 radical (unpaired) electrons. The lowest BCUT2D eigenvalue weighted by molar-refractivity contribution is -0.139. The van der Waals surface area contributed by atoms with Crippen molar-refractivity contribution in [1.82, 2.24) is 4.90 Å². The predicted octanol–water partition coefficient (Wildman–Crippen LogP) is 4.87. The highest BCUT2D eigenvalue weighted by molar-refractivity contribution is 7.15. The number of hydrogen-bond donors (Lipinski definition) is 0. The quantitative estimate of drug-likeness (QED) is 0.389. The van der Waals surface area contributed by atoms with Crippen molar-refractivity contribution in [3.8, 4) is 11.8 Å². The van der Waals surface area contributed by atoms with Gasteiger partial charge in [-0.05, 0) is 71.3 Å². The van der Waals surface area contributed by atoms with Crippen LogP contribution in [0.2, 0.25) is 0 Å². The number of fused-ring (bicyclic) bond motifs is 2.